The van der Waals surface area contributed by atoms with Gasteiger partial charge >= 0.3 is 5.97 Å². The van der Waals surface area contributed by atoms with Crippen molar-refractivity contribution in [1.82, 2.24) is 4.72 Å². The summed E-state index contributed by atoms with van der Waals surface area (Å²) < 4.78 is 36.8. The summed E-state index contributed by atoms with van der Waals surface area (Å²) in [6.45, 7) is 1.04. The Balaban J connectivity index is 1.99. The Hall–Kier alpha value is -0.960. The van der Waals surface area contributed by atoms with Gasteiger partial charge in [-0.3, -0.25) is 0 Å². The fourth-order valence-electron chi connectivity index (χ4n) is 2.05. The molecule has 1 aromatic heterocycles. The predicted octanol–water partition coefficient (Wildman–Crippen LogP) is 1.38. The van der Waals surface area contributed by atoms with Crippen LogP contribution in [0.3, 0.4) is 0 Å². The van der Waals surface area contributed by atoms with Gasteiger partial charge in [0.2, 0.25) is 10.0 Å². The number of sulfonamides is 1. The first-order chi connectivity index (χ1) is 9.54. The molecule has 6 nitrogen and oxygen atoms in total. The third-order valence-corrected chi connectivity index (χ3v) is 5.60. The summed E-state index contributed by atoms with van der Waals surface area (Å²) in [5, 5.41) is 1.56. The molecule has 1 aliphatic rings. The van der Waals surface area contributed by atoms with Gasteiger partial charge in [0.25, 0.3) is 0 Å². The lowest BCUT2D eigenvalue weighted by Crippen LogP contribution is -2.28. The number of nitrogens with one attached hydrogen (secondary N) is 1. The topological polar surface area (TPSA) is 81.7 Å². The van der Waals surface area contributed by atoms with Crippen LogP contribution in [0.25, 0.3) is 0 Å². The molecule has 0 spiro atoms. The van der Waals surface area contributed by atoms with Crippen LogP contribution in [0.5, 0.6) is 0 Å². The van der Waals surface area contributed by atoms with Gasteiger partial charge in [0.1, 0.15) is 9.77 Å². The van der Waals surface area contributed by atoms with E-state index < -0.39 is 16.0 Å². The highest BCUT2D eigenvalue weighted by Gasteiger charge is 2.25. The molecule has 0 aromatic carbocycles. The van der Waals surface area contributed by atoms with Crippen molar-refractivity contribution in [1.29, 1.82) is 0 Å². The maximum Gasteiger partial charge on any atom is 0.349 e. The summed E-state index contributed by atoms with van der Waals surface area (Å²) in [6, 6.07) is 1.41. The molecule has 0 saturated carbocycles. The minimum atomic E-state index is -3.69. The Morgan fingerprint density at radius 1 is 1.60 bits per heavy atom. The SMILES string of the molecule is COC(=O)c1sccc1S(=O)(=O)NCC[C@@H]1CCCO1. The molecule has 0 amide bonds. The molecule has 1 saturated heterocycles. The molecule has 0 unspecified atom stereocenters. The molecular formula is C12H17NO5S2. The van der Waals surface area contributed by atoms with E-state index in [4.69, 9.17) is 4.74 Å². The third-order valence-electron chi connectivity index (χ3n) is 3.07. The van der Waals surface area contributed by atoms with Crippen LogP contribution >= 0.6 is 11.3 Å². The smallest absolute Gasteiger partial charge is 0.349 e. The lowest BCUT2D eigenvalue weighted by atomic mass is 10.2. The van der Waals surface area contributed by atoms with Gasteiger partial charge in [0.15, 0.2) is 0 Å². The minimum absolute atomic E-state index is 0.0262. The lowest BCUT2D eigenvalue weighted by molar-refractivity contribution is 0.0602. The van der Waals surface area contributed by atoms with Crippen molar-refractivity contribution in [2.75, 3.05) is 20.3 Å². The van der Waals surface area contributed by atoms with Crippen LogP contribution in [0.15, 0.2) is 16.3 Å². The summed E-state index contributed by atoms with van der Waals surface area (Å²) in [5.74, 6) is -0.639. The second kappa shape index (κ2) is 6.66. The van der Waals surface area contributed by atoms with Crippen LogP contribution in [0, 0.1) is 0 Å². The molecule has 8 heteroatoms. The number of ether oxygens (including phenoxy) is 2. The van der Waals surface area contributed by atoms with Gasteiger partial charge in [-0.1, -0.05) is 0 Å². The maximum atomic E-state index is 12.2. The minimum Gasteiger partial charge on any atom is -0.465 e. The van der Waals surface area contributed by atoms with Crippen LogP contribution in [0.1, 0.15) is 28.9 Å². The number of methoxy groups -OCH3 is 1. The summed E-state index contributed by atoms with van der Waals surface area (Å²) in [6.07, 6.45) is 2.75. The van der Waals surface area contributed by atoms with E-state index in [9.17, 15) is 13.2 Å². The van der Waals surface area contributed by atoms with Gasteiger partial charge in [0.05, 0.1) is 13.2 Å². The van der Waals surface area contributed by atoms with E-state index in [1.807, 2.05) is 0 Å². The average molecular weight is 319 g/mol. The lowest BCUT2D eigenvalue weighted by Gasteiger charge is -2.10. The molecule has 1 fully saturated rings. The molecule has 0 bridgehead atoms. The van der Waals surface area contributed by atoms with E-state index in [1.165, 1.54) is 13.2 Å². The largest absolute Gasteiger partial charge is 0.465 e. The molecule has 20 heavy (non-hydrogen) atoms. The highest BCUT2D eigenvalue weighted by Crippen LogP contribution is 2.23. The maximum absolute atomic E-state index is 12.2. The van der Waals surface area contributed by atoms with E-state index in [-0.39, 0.29) is 15.9 Å². The van der Waals surface area contributed by atoms with Gasteiger partial charge in [-0.05, 0) is 30.7 Å². The molecule has 0 aliphatic carbocycles. The van der Waals surface area contributed by atoms with E-state index in [0.717, 1.165) is 30.8 Å². The number of rotatable bonds is 6. The molecule has 112 valence electrons. The zero-order valence-electron chi connectivity index (χ0n) is 11.1. The van der Waals surface area contributed by atoms with Crippen molar-refractivity contribution >= 4 is 27.3 Å². The fourth-order valence-corrected chi connectivity index (χ4v) is 4.43. The number of carbonyl (C=O) groups is 1. The molecule has 2 rings (SSSR count). The Morgan fingerprint density at radius 3 is 3.05 bits per heavy atom. The van der Waals surface area contributed by atoms with Gasteiger partial charge in [-0.25, -0.2) is 17.9 Å². The third kappa shape index (κ3) is 3.57. The summed E-state index contributed by atoms with van der Waals surface area (Å²) in [4.78, 5) is 11.6. The number of carbonyl (C=O) groups excluding carboxylic acids is 1. The predicted molar refractivity (Wildman–Crippen MR) is 74.4 cm³/mol. The molecule has 1 aromatic rings. The zero-order chi connectivity index (χ0) is 14.6. The molecule has 2 heterocycles. The van der Waals surface area contributed by atoms with Crippen LogP contribution in [0.4, 0.5) is 0 Å². The van der Waals surface area contributed by atoms with E-state index in [0.29, 0.717) is 13.0 Å². The van der Waals surface area contributed by atoms with Crippen LogP contribution < -0.4 is 4.72 Å². The van der Waals surface area contributed by atoms with Crippen LogP contribution in [0.2, 0.25) is 0 Å². The molecule has 1 atom stereocenters. The Bertz CT molecular complexity index is 560. The van der Waals surface area contributed by atoms with Crippen molar-refractivity contribution in [2.24, 2.45) is 0 Å². The number of hydrogen-bond donors (Lipinski definition) is 1. The Kier molecular flexibility index (Phi) is 5.14. The van der Waals surface area contributed by atoms with Crippen molar-refractivity contribution < 1.29 is 22.7 Å². The normalized spacial score (nSPS) is 19.1. The van der Waals surface area contributed by atoms with Crippen LogP contribution in [-0.4, -0.2) is 40.8 Å². The summed E-state index contributed by atoms with van der Waals surface area (Å²) in [5.41, 5.74) is 0. The Labute approximate surface area is 122 Å². The first-order valence-corrected chi connectivity index (χ1v) is 8.68. The number of esters is 1. The zero-order valence-corrected chi connectivity index (χ0v) is 12.8. The molecular weight excluding hydrogens is 302 g/mol. The van der Waals surface area contributed by atoms with Crippen molar-refractivity contribution in [3.8, 4) is 0 Å². The second-order valence-electron chi connectivity index (χ2n) is 4.43. The summed E-state index contributed by atoms with van der Waals surface area (Å²) >= 11 is 1.05. The monoisotopic (exact) mass is 319 g/mol. The van der Waals surface area contributed by atoms with Gasteiger partial charge in [-0.2, -0.15) is 0 Å². The quantitative estimate of drug-likeness (QED) is 0.801. The number of thiophene rings is 1. The van der Waals surface area contributed by atoms with Gasteiger partial charge in [-0.15, -0.1) is 11.3 Å². The standard InChI is InChI=1S/C12H17NO5S2/c1-17-12(14)11-10(5-8-19-11)20(15,16)13-6-4-9-3-2-7-18-9/h5,8-9,13H,2-4,6-7H2,1H3/t9-/m0/s1. The molecule has 0 radical (unpaired) electrons. The highest BCUT2D eigenvalue weighted by molar-refractivity contribution is 7.89. The second-order valence-corrected chi connectivity index (χ2v) is 7.08. The van der Waals surface area contributed by atoms with E-state index >= 15 is 0 Å². The van der Waals surface area contributed by atoms with Gasteiger partial charge in [0, 0.05) is 13.2 Å². The van der Waals surface area contributed by atoms with Crippen molar-refractivity contribution in [3.05, 3.63) is 16.3 Å². The highest BCUT2D eigenvalue weighted by atomic mass is 32.2. The Morgan fingerprint density at radius 2 is 2.40 bits per heavy atom. The first-order valence-electron chi connectivity index (χ1n) is 6.31. The molecule has 1 N–H and O–H groups in total. The average Bonchev–Trinajstić information content (AvgIpc) is 3.08. The van der Waals surface area contributed by atoms with E-state index in [2.05, 4.69) is 9.46 Å². The van der Waals surface area contributed by atoms with Gasteiger partial charge < -0.3 is 9.47 Å². The van der Waals surface area contributed by atoms with Crippen molar-refractivity contribution in [2.45, 2.75) is 30.3 Å². The van der Waals surface area contributed by atoms with Crippen molar-refractivity contribution in [3.63, 3.8) is 0 Å². The first kappa shape index (κ1) is 15.4. The fraction of sp³-hybridized carbons (Fsp3) is 0.583. The van der Waals surface area contributed by atoms with E-state index in [1.54, 1.807) is 5.38 Å². The van der Waals surface area contributed by atoms with Crippen LogP contribution in [-0.2, 0) is 19.5 Å². The number of hydrogen-bond acceptors (Lipinski definition) is 6. The molecule has 1 aliphatic heterocycles. The summed E-state index contributed by atoms with van der Waals surface area (Å²) in [7, 11) is -2.46.